The average molecular weight is 538 g/mol. The molecule has 2 unspecified atom stereocenters. The standard InChI is InChI=1S/C25H26F4N4O5/c1-14(25(27,28)29)33(11-15-4-3-5-16(26)10-15)20(34)12-32-13-24(38-23(32)37)9-8-17-18(24)6-7-19(21(17)35)31-22(36)30-2/h3-7,10,14,19H,8-9,11-13H2,1-2H3,(H2,30,31,36)/t14-,19?,24?/m0/s1. The lowest BCUT2D eigenvalue weighted by molar-refractivity contribution is -0.187. The Morgan fingerprint density at radius 2 is 2.03 bits per heavy atom. The van der Waals surface area contributed by atoms with Crippen molar-refractivity contribution in [2.75, 3.05) is 20.1 Å². The fourth-order valence-electron chi connectivity index (χ4n) is 4.91. The van der Waals surface area contributed by atoms with Crippen molar-refractivity contribution in [1.82, 2.24) is 20.4 Å². The summed E-state index contributed by atoms with van der Waals surface area (Å²) in [7, 11) is 1.41. The molecule has 1 aromatic carbocycles. The van der Waals surface area contributed by atoms with Gasteiger partial charge in [0.1, 0.15) is 24.4 Å². The highest BCUT2D eigenvalue weighted by Gasteiger charge is 2.54. The highest BCUT2D eigenvalue weighted by atomic mass is 19.4. The second kappa shape index (κ2) is 10.1. The van der Waals surface area contributed by atoms with Crippen LogP contribution in [0.15, 0.2) is 47.6 Å². The number of benzene rings is 1. The summed E-state index contributed by atoms with van der Waals surface area (Å²) < 4.78 is 60.0. The second-order valence-corrected chi connectivity index (χ2v) is 9.40. The first-order valence-electron chi connectivity index (χ1n) is 11.9. The molecule has 0 bridgehead atoms. The van der Waals surface area contributed by atoms with Gasteiger partial charge in [-0.2, -0.15) is 13.2 Å². The number of nitrogens with zero attached hydrogens (tertiary/aromatic N) is 2. The summed E-state index contributed by atoms with van der Waals surface area (Å²) in [6, 6.07) is 1.26. The number of rotatable bonds is 6. The third-order valence-corrected chi connectivity index (χ3v) is 6.96. The summed E-state index contributed by atoms with van der Waals surface area (Å²) in [5, 5.41) is 4.87. The number of carbonyl (C=O) groups excluding carboxylic acids is 4. The van der Waals surface area contributed by atoms with Gasteiger partial charge in [-0.15, -0.1) is 0 Å². The average Bonchev–Trinajstić information content (AvgIpc) is 3.37. The molecule has 4 rings (SSSR count). The summed E-state index contributed by atoms with van der Waals surface area (Å²) in [5.74, 6) is -2.01. The number of nitrogens with one attached hydrogen (secondary N) is 2. The lowest BCUT2D eigenvalue weighted by Gasteiger charge is -2.32. The number of hydrogen-bond acceptors (Lipinski definition) is 5. The Morgan fingerprint density at radius 3 is 2.68 bits per heavy atom. The van der Waals surface area contributed by atoms with Crippen LogP contribution in [0.5, 0.6) is 0 Å². The van der Waals surface area contributed by atoms with Gasteiger partial charge >= 0.3 is 18.3 Å². The Labute approximate surface area is 215 Å². The summed E-state index contributed by atoms with van der Waals surface area (Å²) in [5.41, 5.74) is -0.250. The van der Waals surface area contributed by atoms with Crippen molar-refractivity contribution < 1.29 is 41.5 Å². The number of alkyl halides is 3. The molecule has 3 aliphatic rings. The van der Waals surface area contributed by atoms with Crippen molar-refractivity contribution in [2.45, 2.75) is 50.2 Å². The molecular weight excluding hydrogens is 512 g/mol. The van der Waals surface area contributed by atoms with Crippen LogP contribution in [-0.4, -0.2) is 77.6 Å². The minimum absolute atomic E-state index is 0.143. The normalized spacial score (nSPS) is 23.4. The van der Waals surface area contributed by atoms with Crippen molar-refractivity contribution in [3.63, 3.8) is 0 Å². The lowest BCUT2D eigenvalue weighted by Crippen LogP contribution is -2.50. The first-order valence-corrected chi connectivity index (χ1v) is 11.9. The molecule has 9 nitrogen and oxygen atoms in total. The van der Waals surface area contributed by atoms with Crippen LogP contribution in [0, 0.1) is 5.82 Å². The van der Waals surface area contributed by atoms with E-state index >= 15 is 0 Å². The minimum Gasteiger partial charge on any atom is -0.436 e. The van der Waals surface area contributed by atoms with Gasteiger partial charge in [-0.3, -0.25) is 14.5 Å². The Morgan fingerprint density at radius 1 is 1.29 bits per heavy atom. The molecule has 204 valence electrons. The van der Waals surface area contributed by atoms with E-state index in [9.17, 15) is 36.7 Å². The van der Waals surface area contributed by atoms with Crippen molar-refractivity contribution >= 4 is 23.8 Å². The fourth-order valence-corrected chi connectivity index (χ4v) is 4.91. The van der Waals surface area contributed by atoms with E-state index in [-0.39, 0.29) is 30.7 Å². The minimum atomic E-state index is -4.76. The maximum Gasteiger partial charge on any atom is 0.411 e. The van der Waals surface area contributed by atoms with E-state index in [1.165, 1.54) is 25.3 Å². The molecule has 13 heteroatoms. The number of carbonyl (C=O) groups is 4. The first-order chi connectivity index (χ1) is 17.8. The van der Waals surface area contributed by atoms with Gasteiger partial charge in [-0.05, 0) is 37.5 Å². The zero-order valence-electron chi connectivity index (χ0n) is 20.6. The summed E-state index contributed by atoms with van der Waals surface area (Å²) in [4.78, 5) is 51.9. The molecule has 1 spiro atoms. The number of Topliss-reactive ketones (excluding diaryl/α,β-unsaturated/α-hetero) is 1. The van der Waals surface area contributed by atoms with Crippen LogP contribution in [-0.2, 0) is 20.9 Å². The first kappa shape index (κ1) is 27.1. The Balaban J connectivity index is 1.51. The molecule has 0 radical (unpaired) electrons. The predicted molar refractivity (Wildman–Crippen MR) is 125 cm³/mol. The van der Waals surface area contributed by atoms with Crippen LogP contribution in [0.2, 0.25) is 0 Å². The van der Waals surface area contributed by atoms with Crippen molar-refractivity contribution in [3.8, 4) is 0 Å². The molecular formula is C25H26F4N4O5. The molecule has 4 amide bonds. The highest BCUT2D eigenvalue weighted by molar-refractivity contribution is 6.05. The third-order valence-electron chi connectivity index (χ3n) is 6.96. The predicted octanol–water partition coefficient (Wildman–Crippen LogP) is 2.82. The van der Waals surface area contributed by atoms with Crippen LogP contribution >= 0.6 is 0 Å². The Hall–Kier alpha value is -3.90. The molecule has 1 aliphatic heterocycles. The van der Waals surface area contributed by atoms with Gasteiger partial charge in [0.05, 0.1) is 6.54 Å². The van der Waals surface area contributed by atoms with Gasteiger partial charge in [-0.1, -0.05) is 24.3 Å². The molecule has 1 saturated heterocycles. The van der Waals surface area contributed by atoms with Crippen LogP contribution < -0.4 is 10.6 Å². The second-order valence-electron chi connectivity index (χ2n) is 9.40. The molecule has 2 aliphatic carbocycles. The molecule has 0 saturated carbocycles. The number of urea groups is 1. The van der Waals surface area contributed by atoms with E-state index in [1.807, 2.05) is 0 Å². The lowest BCUT2D eigenvalue weighted by atomic mass is 9.89. The van der Waals surface area contributed by atoms with E-state index in [1.54, 1.807) is 6.08 Å². The number of ether oxygens (including phenoxy) is 1. The van der Waals surface area contributed by atoms with Crippen molar-refractivity contribution in [1.29, 1.82) is 0 Å². The maximum absolute atomic E-state index is 13.6. The molecule has 2 N–H and O–H groups in total. The van der Waals surface area contributed by atoms with Crippen molar-refractivity contribution in [3.05, 3.63) is 58.9 Å². The number of ketones is 1. The molecule has 0 aromatic heterocycles. The monoisotopic (exact) mass is 538 g/mol. The molecule has 3 atom stereocenters. The van der Waals surface area contributed by atoms with Gasteiger partial charge in [-0.25, -0.2) is 14.0 Å². The smallest absolute Gasteiger partial charge is 0.411 e. The van der Waals surface area contributed by atoms with Gasteiger partial charge in [0.25, 0.3) is 0 Å². The molecule has 1 aromatic rings. The zero-order chi connectivity index (χ0) is 27.8. The van der Waals surface area contributed by atoms with E-state index in [4.69, 9.17) is 4.74 Å². The Kier molecular flexibility index (Phi) is 7.22. The van der Waals surface area contributed by atoms with Crippen LogP contribution in [0.1, 0.15) is 25.3 Å². The van der Waals surface area contributed by atoms with Gasteiger partial charge in [0.2, 0.25) is 5.91 Å². The number of amides is 4. The third kappa shape index (κ3) is 5.22. The topological polar surface area (TPSA) is 108 Å². The van der Waals surface area contributed by atoms with Crippen LogP contribution in [0.3, 0.4) is 0 Å². The number of fused-ring (bicyclic) bond motifs is 1. The quantitative estimate of drug-likeness (QED) is 0.542. The van der Waals surface area contributed by atoms with Gasteiger partial charge in [0.15, 0.2) is 11.4 Å². The molecule has 38 heavy (non-hydrogen) atoms. The highest BCUT2D eigenvalue weighted by Crippen LogP contribution is 2.45. The fraction of sp³-hybridized carbons (Fsp3) is 0.440. The van der Waals surface area contributed by atoms with Crippen molar-refractivity contribution in [2.24, 2.45) is 0 Å². The van der Waals surface area contributed by atoms with Gasteiger partial charge in [0, 0.05) is 24.7 Å². The largest absolute Gasteiger partial charge is 0.436 e. The van der Waals surface area contributed by atoms with Crippen LogP contribution in [0.4, 0.5) is 27.2 Å². The van der Waals surface area contributed by atoms with E-state index in [0.29, 0.717) is 16.0 Å². The zero-order valence-corrected chi connectivity index (χ0v) is 20.6. The maximum atomic E-state index is 13.6. The van der Waals surface area contributed by atoms with E-state index in [0.717, 1.165) is 24.0 Å². The summed E-state index contributed by atoms with van der Waals surface area (Å²) >= 11 is 0. The Bertz CT molecular complexity index is 1230. The van der Waals surface area contributed by atoms with Gasteiger partial charge < -0.3 is 20.3 Å². The SMILES string of the molecule is CNC(=O)NC1C=CC2=C(CCC23CN(CC(=O)N(Cc2cccc(F)c2)[C@@H](C)C(F)(F)F)C(=O)O3)C1=O. The van der Waals surface area contributed by atoms with E-state index < -0.39 is 60.8 Å². The number of hydrogen-bond donors (Lipinski definition) is 2. The molecule has 1 fully saturated rings. The van der Waals surface area contributed by atoms with E-state index in [2.05, 4.69) is 10.6 Å². The summed E-state index contributed by atoms with van der Waals surface area (Å²) in [6.45, 7) is -0.540. The van der Waals surface area contributed by atoms with Crippen LogP contribution in [0.25, 0.3) is 0 Å². The summed E-state index contributed by atoms with van der Waals surface area (Å²) in [6.07, 6.45) is -2.10. The number of halogens is 4. The molecule has 1 heterocycles.